The number of nitrogens with zero attached hydrogens (tertiary/aromatic N) is 2. The first-order chi connectivity index (χ1) is 7.77. The predicted octanol–water partition coefficient (Wildman–Crippen LogP) is 1.90. The molecule has 0 atom stereocenters. The van der Waals surface area contributed by atoms with Crippen molar-refractivity contribution < 1.29 is 9.59 Å². The third-order valence-corrected chi connectivity index (χ3v) is 2.86. The Kier molecular flexibility index (Phi) is 8.29. The fourth-order valence-electron chi connectivity index (χ4n) is 1.10. The van der Waals surface area contributed by atoms with E-state index in [-0.39, 0.29) is 11.8 Å². The van der Waals surface area contributed by atoms with Gasteiger partial charge in [0.25, 0.3) is 11.8 Å². The van der Waals surface area contributed by atoms with Gasteiger partial charge in [-0.3, -0.25) is 9.59 Å². The Balaban J connectivity index is 3.92. The SMILES string of the molecule is CN(CCCN(C)C(=O)C(Cl)Cl)C(=O)C(Cl)Cl. The molecule has 0 saturated heterocycles. The van der Waals surface area contributed by atoms with Gasteiger partial charge in [-0.15, -0.1) is 0 Å². The molecule has 0 saturated carbocycles. The van der Waals surface area contributed by atoms with Crippen LogP contribution < -0.4 is 0 Å². The normalized spacial score (nSPS) is 10.8. The molecule has 0 aliphatic heterocycles. The van der Waals surface area contributed by atoms with Gasteiger partial charge in [0, 0.05) is 27.2 Å². The molecule has 0 unspecified atom stereocenters. The maximum absolute atomic E-state index is 11.3. The van der Waals surface area contributed by atoms with E-state index in [4.69, 9.17) is 46.4 Å². The fourth-order valence-corrected chi connectivity index (χ4v) is 1.77. The molecule has 0 aromatic carbocycles. The summed E-state index contributed by atoms with van der Waals surface area (Å²) in [4.78, 5) is 23.3. The third-order valence-electron chi connectivity index (χ3n) is 2.11. The number of halogens is 4. The molecule has 0 aliphatic rings. The van der Waals surface area contributed by atoms with Gasteiger partial charge in [-0.2, -0.15) is 0 Å². The summed E-state index contributed by atoms with van der Waals surface area (Å²) in [5, 5.41) is 0. The molecule has 0 bridgehead atoms. The molecule has 0 fully saturated rings. The van der Waals surface area contributed by atoms with E-state index in [9.17, 15) is 9.59 Å². The Morgan fingerprint density at radius 3 is 1.41 bits per heavy atom. The van der Waals surface area contributed by atoms with E-state index >= 15 is 0 Å². The Morgan fingerprint density at radius 2 is 1.18 bits per heavy atom. The summed E-state index contributed by atoms with van der Waals surface area (Å²) < 4.78 is 0. The van der Waals surface area contributed by atoms with Crippen molar-refractivity contribution in [2.45, 2.75) is 16.1 Å². The maximum atomic E-state index is 11.3. The highest BCUT2D eigenvalue weighted by Gasteiger charge is 2.18. The summed E-state index contributed by atoms with van der Waals surface area (Å²) >= 11 is 21.7. The van der Waals surface area contributed by atoms with Gasteiger partial charge in [0.05, 0.1) is 0 Å². The first-order valence-electron chi connectivity index (χ1n) is 4.83. The highest BCUT2D eigenvalue weighted by molar-refractivity contribution is 6.53. The average molecular weight is 324 g/mol. The van der Waals surface area contributed by atoms with E-state index in [0.717, 1.165) is 0 Å². The van der Waals surface area contributed by atoms with Crippen molar-refractivity contribution in [3.05, 3.63) is 0 Å². The second kappa shape index (κ2) is 8.25. The first kappa shape index (κ1) is 17.1. The third kappa shape index (κ3) is 6.55. The molecule has 0 spiro atoms. The summed E-state index contributed by atoms with van der Waals surface area (Å²) in [7, 11) is 3.18. The lowest BCUT2D eigenvalue weighted by Crippen LogP contribution is -2.36. The molecule has 0 rings (SSSR count). The minimum atomic E-state index is -1.06. The van der Waals surface area contributed by atoms with E-state index in [1.807, 2.05) is 0 Å². The molecule has 0 aromatic heterocycles. The van der Waals surface area contributed by atoms with Crippen LogP contribution in [0, 0.1) is 0 Å². The van der Waals surface area contributed by atoms with Gasteiger partial charge < -0.3 is 9.80 Å². The van der Waals surface area contributed by atoms with Crippen LogP contribution in [0.2, 0.25) is 0 Å². The molecule has 17 heavy (non-hydrogen) atoms. The molecule has 0 radical (unpaired) electrons. The van der Waals surface area contributed by atoms with Crippen molar-refractivity contribution in [1.82, 2.24) is 9.80 Å². The van der Waals surface area contributed by atoms with Crippen LogP contribution in [0.15, 0.2) is 0 Å². The molecule has 4 nitrogen and oxygen atoms in total. The molecule has 0 aliphatic carbocycles. The number of hydrogen-bond donors (Lipinski definition) is 0. The van der Waals surface area contributed by atoms with Crippen molar-refractivity contribution >= 4 is 58.2 Å². The van der Waals surface area contributed by atoms with Gasteiger partial charge in [-0.25, -0.2) is 0 Å². The van der Waals surface area contributed by atoms with Gasteiger partial charge in [-0.05, 0) is 6.42 Å². The smallest absolute Gasteiger partial charge is 0.255 e. The van der Waals surface area contributed by atoms with Gasteiger partial charge in [0.15, 0.2) is 9.67 Å². The van der Waals surface area contributed by atoms with Crippen LogP contribution in [0.5, 0.6) is 0 Å². The second-order valence-electron chi connectivity index (χ2n) is 3.47. The van der Waals surface area contributed by atoms with Crippen LogP contribution in [0.1, 0.15) is 6.42 Å². The Morgan fingerprint density at radius 1 is 0.882 bits per heavy atom. The van der Waals surface area contributed by atoms with E-state index < -0.39 is 9.67 Å². The van der Waals surface area contributed by atoms with Gasteiger partial charge in [-0.1, -0.05) is 46.4 Å². The fraction of sp³-hybridized carbons (Fsp3) is 0.778. The zero-order valence-corrected chi connectivity index (χ0v) is 12.5. The molecule has 0 aromatic rings. The largest absolute Gasteiger partial charge is 0.343 e. The van der Waals surface area contributed by atoms with E-state index in [0.29, 0.717) is 19.5 Å². The summed E-state index contributed by atoms with van der Waals surface area (Å²) in [5.41, 5.74) is 0. The maximum Gasteiger partial charge on any atom is 0.255 e. The van der Waals surface area contributed by atoms with Crippen molar-refractivity contribution in [2.24, 2.45) is 0 Å². The summed E-state index contributed by atoms with van der Waals surface area (Å²) in [6.45, 7) is 0.892. The van der Waals surface area contributed by atoms with Crippen molar-refractivity contribution in [2.75, 3.05) is 27.2 Å². The standard InChI is InChI=1S/C9H14Cl4N2O2/c1-14(8(16)6(10)11)4-3-5-15(2)9(17)7(12)13/h6-7H,3-5H2,1-2H3. The monoisotopic (exact) mass is 322 g/mol. The molecule has 2 amide bonds. The Hall–Kier alpha value is 0.1000. The first-order valence-corrected chi connectivity index (χ1v) is 6.58. The van der Waals surface area contributed by atoms with Crippen LogP contribution >= 0.6 is 46.4 Å². The Bertz CT molecular complexity index is 248. The highest BCUT2D eigenvalue weighted by Crippen LogP contribution is 2.08. The summed E-state index contributed by atoms with van der Waals surface area (Å²) in [5.74, 6) is -0.732. The molecule has 0 heterocycles. The molecule has 0 N–H and O–H groups in total. The average Bonchev–Trinajstić information content (AvgIpc) is 2.26. The number of amides is 2. The number of carbonyl (C=O) groups is 2. The van der Waals surface area contributed by atoms with E-state index in [1.54, 1.807) is 14.1 Å². The molecule has 8 heteroatoms. The topological polar surface area (TPSA) is 40.6 Å². The van der Waals surface area contributed by atoms with Gasteiger partial charge in [0.1, 0.15) is 0 Å². The Labute approximate surface area is 121 Å². The minimum absolute atomic E-state index is 0.366. The molecular formula is C9H14Cl4N2O2. The van der Waals surface area contributed by atoms with Gasteiger partial charge in [0.2, 0.25) is 0 Å². The van der Waals surface area contributed by atoms with Crippen LogP contribution in [0.3, 0.4) is 0 Å². The number of rotatable bonds is 6. The van der Waals surface area contributed by atoms with Crippen LogP contribution in [0.4, 0.5) is 0 Å². The number of carbonyl (C=O) groups excluding carboxylic acids is 2. The number of alkyl halides is 4. The number of hydrogen-bond acceptors (Lipinski definition) is 2. The quantitative estimate of drug-likeness (QED) is 0.700. The zero-order chi connectivity index (χ0) is 13.6. The lowest BCUT2D eigenvalue weighted by molar-refractivity contribution is -0.128. The molecular weight excluding hydrogens is 310 g/mol. The van der Waals surface area contributed by atoms with Crippen LogP contribution in [-0.2, 0) is 9.59 Å². The van der Waals surface area contributed by atoms with E-state index in [2.05, 4.69) is 0 Å². The summed E-state index contributed by atoms with van der Waals surface area (Å²) in [6, 6.07) is 0. The lowest BCUT2D eigenvalue weighted by atomic mass is 10.3. The highest BCUT2D eigenvalue weighted by atomic mass is 35.5. The van der Waals surface area contributed by atoms with Gasteiger partial charge >= 0.3 is 0 Å². The zero-order valence-electron chi connectivity index (χ0n) is 9.50. The predicted molar refractivity (Wildman–Crippen MR) is 70.9 cm³/mol. The van der Waals surface area contributed by atoms with Crippen molar-refractivity contribution in [1.29, 1.82) is 0 Å². The van der Waals surface area contributed by atoms with E-state index in [1.165, 1.54) is 9.80 Å². The van der Waals surface area contributed by atoms with Crippen molar-refractivity contribution in [3.63, 3.8) is 0 Å². The molecule has 100 valence electrons. The summed E-state index contributed by atoms with van der Waals surface area (Å²) in [6.07, 6.45) is 0.589. The van der Waals surface area contributed by atoms with Crippen molar-refractivity contribution in [3.8, 4) is 0 Å². The lowest BCUT2D eigenvalue weighted by Gasteiger charge is -2.21. The van der Waals surface area contributed by atoms with Crippen LogP contribution in [-0.4, -0.2) is 58.5 Å². The van der Waals surface area contributed by atoms with Crippen LogP contribution in [0.25, 0.3) is 0 Å². The minimum Gasteiger partial charge on any atom is -0.343 e. The second-order valence-corrected chi connectivity index (χ2v) is 5.67.